The van der Waals surface area contributed by atoms with Crippen LogP contribution in [0.15, 0.2) is 22.7 Å². The largest absolute Gasteiger partial charge is 0.314 e. The minimum absolute atomic E-state index is 0.819. The number of hydrogen-bond donors (Lipinski definition) is 1. The summed E-state index contributed by atoms with van der Waals surface area (Å²) >= 11 is 3.60. The van der Waals surface area contributed by atoms with Gasteiger partial charge in [0.1, 0.15) is 0 Å². The van der Waals surface area contributed by atoms with Crippen LogP contribution in [0, 0.1) is 6.92 Å². The van der Waals surface area contributed by atoms with Gasteiger partial charge in [-0.1, -0.05) is 28.1 Å². The topological polar surface area (TPSA) is 12.0 Å². The lowest BCUT2D eigenvalue weighted by molar-refractivity contribution is 0.681. The highest BCUT2D eigenvalue weighted by atomic mass is 79.9. The number of aryl methyl sites for hydroxylation is 1. The van der Waals surface area contributed by atoms with Crippen LogP contribution >= 0.6 is 15.9 Å². The first-order valence-electron chi connectivity index (χ1n) is 5.24. The zero-order chi connectivity index (χ0) is 9.97. The molecule has 0 unspecified atom stereocenters. The smallest absolute Gasteiger partial charge is 0.0210 e. The van der Waals surface area contributed by atoms with Crippen molar-refractivity contribution in [3.63, 3.8) is 0 Å². The van der Waals surface area contributed by atoms with Crippen LogP contribution in [0.2, 0.25) is 0 Å². The van der Waals surface area contributed by atoms with Crippen molar-refractivity contribution in [2.24, 2.45) is 0 Å². The van der Waals surface area contributed by atoms with Crippen LogP contribution in [0.1, 0.15) is 24.0 Å². The molecule has 1 saturated carbocycles. The fourth-order valence-electron chi connectivity index (χ4n) is 1.55. The second kappa shape index (κ2) is 4.45. The van der Waals surface area contributed by atoms with Crippen LogP contribution in [0.4, 0.5) is 0 Å². The Morgan fingerprint density at radius 3 is 2.86 bits per heavy atom. The summed E-state index contributed by atoms with van der Waals surface area (Å²) in [5.74, 6) is 0. The van der Waals surface area contributed by atoms with Gasteiger partial charge in [-0.3, -0.25) is 0 Å². The molecule has 1 nitrogen and oxygen atoms in total. The van der Waals surface area contributed by atoms with E-state index < -0.39 is 0 Å². The minimum atomic E-state index is 0.819. The Bertz CT molecular complexity index is 318. The molecule has 2 rings (SSSR count). The Morgan fingerprint density at radius 2 is 2.21 bits per heavy atom. The second-order valence-corrected chi connectivity index (χ2v) is 4.93. The first kappa shape index (κ1) is 10.2. The van der Waals surface area contributed by atoms with Gasteiger partial charge < -0.3 is 5.32 Å². The second-order valence-electron chi connectivity index (χ2n) is 4.07. The molecule has 0 amide bonds. The third-order valence-electron chi connectivity index (χ3n) is 2.61. The molecule has 14 heavy (non-hydrogen) atoms. The van der Waals surface area contributed by atoms with Crippen molar-refractivity contribution >= 4 is 15.9 Å². The summed E-state index contributed by atoms with van der Waals surface area (Å²) < 4.78 is 1.25. The summed E-state index contributed by atoms with van der Waals surface area (Å²) in [6.45, 7) is 3.23. The fourth-order valence-corrected chi connectivity index (χ4v) is 2.25. The number of nitrogens with one attached hydrogen (secondary N) is 1. The first-order chi connectivity index (χ1) is 6.75. The lowest BCUT2D eigenvalue weighted by atomic mass is 10.1. The van der Waals surface area contributed by atoms with E-state index in [0.717, 1.165) is 19.0 Å². The lowest BCUT2D eigenvalue weighted by Crippen LogP contribution is -2.19. The Kier molecular flexibility index (Phi) is 3.24. The monoisotopic (exact) mass is 253 g/mol. The highest BCUT2D eigenvalue weighted by molar-refractivity contribution is 9.10. The standard InChI is InChI=1S/C12H16BrN/c1-9-2-3-10(12(13)8-9)6-7-14-11-4-5-11/h2-3,8,11,14H,4-7H2,1H3. The molecule has 0 bridgehead atoms. The average Bonchev–Trinajstić information content (AvgIpc) is 2.92. The van der Waals surface area contributed by atoms with Gasteiger partial charge in [-0.25, -0.2) is 0 Å². The van der Waals surface area contributed by atoms with Crippen LogP contribution < -0.4 is 5.32 Å². The van der Waals surface area contributed by atoms with Crippen LogP contribution in [-0.2, 0) is 6.42 Å². The molecule has 0 aliphatic heterocycles. The zero-order valence-corrected chi connectivity index (χ0v) is 10.1. The van der Waals surface area contributed by atoms with Crippen LogP contribution in [0.25, 0.3) is 0 Å². The van der Waals surface area contributed by atoms with E-state index in [0.29, 0.717) is 0 Å². The number of hydrogen-bond acceptors (Lipinski definition) is 1. The maximum absolute atomic E-state index is 3.60. The molecular formula is C12H16BrN. The Morgan fingerprint density at radius 1 is 1.43 bits per heavy atom. The van der Waals surface area contributed by atoms with Crippen LogP contribution in [-0.4, -0.2) is 12.6 Å². The van der Waals surface area contributed by atoms with E-state index in [4.69, 9.17) is 0 Å². The Balaban J connectivity index is 1.87. The third kappa shape index (κ3) is 2.82. The van der Waals surface area contributed by atoms with E-state index in [1.807, 2.05) is 0 Å². The van der Waals surface area contributed by atoms with Crippen molar-refractivity contribution in [2.45, 2.75) is 32.2 Å². The van der Waals surface area contributed by atoms with Gasteiger partial charge in [-0.05, 0) is 49.9 Å². The van der Waals surface area contributed by atoms with Crippen molar-refractivity contribution in [1.82, 2.24) is 5.32 Å². The van der Waals surface area contributed by atoms with Crippen molar-refractivity contribution in [3.05, 3.63) is 33.8 Å². The quantitative estimate of drug-likeness (QED) is 0.870. The fraction of sp³-hybridized carbons (Fsp3) is 0.500. The van der Waals surface area contributed by atoms with Gasteiger partial charge >= 0.3 is 0 Å². The van der Waals surface area contributed by atoms with E-state index in [2.05, 4.69) is 46.4 Å². The highest BCUT2D eigenvalue weighted by Gasteiger charge is 2.19. The molecule has 0 spiro atoms. The average molecular weight is 254 g/mol. The van der Waals surface area contributed by atoms with Crippen molar-refractivity contribution < 1.29 is 0 Å². The van der Waals surface area contributed by atoms with Crippen molar-refractivity contribution in [1.29, 1.82) is 0 Å². The predicted molar refractivity (Wildman–Crippen MR) is 63.6 cm³/mol. The Labute approximate surface area is 94.0 Å². The molecule has 76 valence electrons. The SMILES string of the molecule is Cc1ccc(CCNC2CC2)c(Br)c1. The summed E-state index contributed by atoms with van der Waals surface area (Å²) in [5.41, 5.74) is 2.72. The summed E-state index contributed by atoms with van der Waals surface area (Å²) in [5, 5.41) is 3.53. The molecule has 0 saturated heterocycles. The molecule has 0 aromatic heterocycles. The van der Waals surface area contributed by atoms with Gasteiger partial charge in [-0.2, -0.15) is 0 Å². The molecule has 0 radical (unpaired) electrons. The van der Waals surface area contributed by atoms with Gasteiger partial charge in [-0.15, -0.1) is 0 Å². The highest BCUT2D eigenvalue weighted by Crippen LogP contribution is 2.20. The zero-order valence-electron chi connectivity index (χ0n) is 8.52. The van der Waals surface area contributed by atoms with E-state index in [9.17, 15) is 0 Å². The summed E-state index contributed by atoms with van der Waals surface area (Å²) in [4.78, 5) is 0. The van der Waals surface area contributed by atoms with Gasteiger partial charge in [0.25, 0.3) is 0 Å². The van der Waals surface area contributed by atoms with E-state index in [1.54, 1.807) is 0 Å². The van der Waals surface area contributed by atoms with Crippen molar-refractivity contribution in [3.8, 4) is 0 Å². The van der Waals surface area contributed by atoms with E-state index >= 15 is 0 Å². The molecule has 1 fully saturated rings. The summed E-state index contributed by atoms with van der Waals surface area (Å²) in [6, 6.07) is 7.40. The number of benzene rings is 1. The molecule has 1 aromatic rings. The summed E-state index contributed by atoms with van der Waals surface area (Å²) in [6.07, 6.45) is 3.86. The van der Waals surface area contributed by atoms with Gasteiger partial charge in [0.15, 0.2) is 0 Å². The van der Waals surface area contributed by atoms with Crippen molar-refractivity contribution in [2.75, 3.05) is 6.54 Å². The van der Waals surface area contributed by atoms with Crippen LogP contribution in [0.5, 0.6) is 0 Å². The lowest BCUT2D eigenvalue weighted by Gasteiger charge is -2.06. The predicted octanol–water partition coefficient (Wildman–Crippen LogP) is 3.05. The van der Waals surface area contributed by atoms with Gasteiger partial charge in [0, 0.05) is 10.5 Å². The van der Waals surface area contributed by atoms with Gasteiger partial charge in [0.05, 0.1) is 0 Å². The molecule has 1 aliphatic rings. The number of rotatable bonds is 4. The van der Waals surface area contributed by atoms with Gasteiger partial charge in [0.2, 0.25) is 0 Å². The molecule has 1 N–H and O–H groups in total. The maximum Gasteiger partial charge on any atom is 0.0210 e. The maximum atomic E-state index is 3.60. The number of halogens is 1. The first-order valence-corrected chi connectivity index (χ1v) is 6.03. The molecule has 1 aromatic carbocycles. The van der Waals surface area contributed by atoms with E-state index in [1.165, 1.54) is 28.4 Å². The molecule has 1 aliphatic carbocycles. The van der Waals surface area contributed by atoms with Crippen LogP contribution in [0.3, 0.4) is 0 Å². The molecule has 0 atom stereocenters. The molecular weight excluding hydrogens is 238 g/mol. The molecule has 0 heterocycles. The Hall–Kier alpha value is -0.340. The molecule has 2 heteroatoms. The summed E-state index contributed by atoms with van der Waals surface area (Å²) in [7, 11) is 0. The normalized spacial score (nSPS) is 15.9. The minimum Gasteiger partial charge on any atom is -0.314 e. The van der Waals surface area contributed by atoms with E-state index in [-0.39, 0.29) is 0 Å². The third-order valence-corrected chi connectivity index (χ3v) is 3.35.